The number of thioether (sulfide) groups is 1. The van der Waals surface area contributed by atoms with Crippen molar-refractivity contribution in [3.05, 3.63) is 53.7 Å². The highest BCUT2D eigenvalue weighted by atomic mass is 32.2. The van der Waals surface area contributed by atoms with Crippen LogP contribution in [-0.4, -0.2) is 69.5 Å². The average Bonchev–Trinajstić information content (AvgIpc) is 3.41. The van der Waals surface area contributed by atoms with E-state index in [4.69, 9.17) is 0 Å². The molecule has 0 radical (unpaired) electrons. The smallest absolute Gasteiger partial charge is 0.268 e. The van der Waals surface area contributed by atoms with E-state index in [1.807, 2.05) is 42.7 Å². The fraction of sp³-hybridized carbons (Fsp3) is 0.333. The van der Waals surface area contributed by atoms with Gasteiger partial charge in [0, 0.05) is 19.5 Å². The van der Waals surface area contributed by atoms with Crippen LogP contribution in [0.15, 0.2) is 46.7 Å². The number of aliphatic hydroxyl groups is 2. The van der Waals surface area contributed by atoms with Gasteiger partial charge in [-0.05, 0) is 24.0 Å². The van der Waals surface area contributed by atoms with E-state index in [1.54, 1.807) is 29.2 Å². The minimum absolute atomic E-state index is 0.0524. The Bertz CT molecular complexity index is 1010. The van der Waals surface area contributed by atoms with Crippen molar-refractivity contribution in [1.82, 2.24) is 15.2 Å². The number of likely N-dealkylation sites (tertiary alicyclic amines) is 1. The fourth-order valence-electron chi connectivity index (χ4n) is 3.58. The Morgan fingerprint density at radius 1 is 1.23 bits per heavy atom. The highest BCUT2D eigenvalue weighted by Gasteiger charge is 2.36. The van der Waals surface area contributed by atoms with E-state index < -0.39 is 18.2 Å². The van der Waals surface area contributed by atoms with Crippen LogP contribution >= 0.6 is 23.1 Å². The van der Waals surface area contributed by atoms with Gasteiger partial charge in [-0.25, -0.2) is 0 Å². The first-order valence-electron chi connectivity index (χ1n) is 9.61. The van der Waals surface area contributed by atoms with Gasteiger partial charge in [-0.15, -0.1) is 23.1 Å². The molecule has 1 aromatic carbocycles. The molecule has 2 aromatic heterocycles. The Morgan fingerprint density at radius 2 is 1.93 bits per heavy atom. The third kappa shape index (κ3) is 4.39. The summed E-state index contributed by atoms with van der Waals surface area (Å²) in [6, 6.07) is 12.4. The zero-order chi connectivity index (χ0) is 21.3. The second-order valence-electron chi connectivity index (χ2n) is 7.32. The predicted molar refractivity (Wildman–Crippen MR) is 118 cm³/mol. The lowest BCUT2D eigenvalue weighted by atomic mass is 10.0. The molecule has 1 aliphatic rings. The number of hydrogen-bond donors (Lipinski definition) is 4. The first kappa shape index (κ1) is 20.9. The number of aliphatic hydroxyl groups excluding tert-OH is 2. The van der Waals surface area contributed by atoms with Gasteiger partial charge in [0.05, 0.1) is 26.6 Å². The van der Waals surface area contributed by atoms with Crippen LogP contribution < -0.4 is 5.32 Å². The number of benzene rings is 1. The largest absolute Gasteiger partial charge is 0.388 e. The molecule has 30 heavy (non-hydrogen) atoms. The molecule has 158 valence electrons. The Balaban J connectivity index is 1.53. The van der Waals surface area contributed by atoms with Crippen LogP contribution in [0.4, 0.5) is 0 Å². The number of β-amino-alcohol motifs (C(OH)–C–C–N with tert-alkyl or cyclic N) is 2. The zero-order valence-electron chi connectivity index (χ0n) is 16.4. The van der Waals surface area contributed by atoms with Gasteiger partial charge in [-0.2, -0.15) is 0 Å². The highest BCUT2D eigenvalue weighted by Crippen LogP contribution is 2.32. The van der Waals surface area contributed by atoms with Gasteiger partial charge in [0.2, 0.25) is 5.91 Å². The van der Waals surface area contributed by atoms with Crippen molar-refractivity contribution in [2.45, 2.75) is 28.9 Å². The maximum absolute atomic E-state index is 13.1. The van der Waals surface area contributed by atoms with Crippen molar-refractivity contribution in [3.63, 3.8) is 0 Å². The normalized spacial score (nSPS) is 19.9. The molecule has 3 heterocycles. The molecule has 0 aliphatic carbocycles. The van der Waals surface area contributed by atoms with E-state index in [0.717, 1.165) is 20.0 Å². The molecule has 0 bridgehead atoms. The summed E-state index contributed by atoms with van der Waals surface area (Å²) in [7, 11) is 0. The molecule has 4 rings (SSSR count). The van der Waals surface area contributed by atoms with Gasteiger partial charge < -0.3 is 25.4 Å². The first-order chi connectivity index (χ1) is 14.4. The van der Waals surface area contributed by atoms with Gasteiger partial charge in [-0.3, -0.25) is 9.59 Å². The molecule has 1 fully saturated rings. The highest BCUT2D eigenvalue weighted by molar-refractivity contribution is 8.00. The standard InChI is InChI=1S/C21H23N3O4S2/c1-29-19-9-13-18(30-19)8-14(22-13)20(27)23-15(7-12-5-3-2-4-6-12)21(28)24-10-16(25)17(26)11-24/h2-6,8-9,15-17,22,25-26H,7,10-11H2,1H3,(H,23,27)/t15-,16-,17+/m0/s1. The molecule has 0 unspecified atom stereocenters. The number of H-pyrrole nitrogens is 1. The summed E-state index contributed by atoms with van der Waals surface area (Å²) in [6.07, 6.45) is 0.384. The van der Waals surface area contributed by atoms with E-state index in [0.29, 0.717) is 12.1 Å². The Labute approximate surface area is 182 Å². The van der Waals surface area contributed by atoms with Gasteiger partial charge in [-0.1, -0.05) is 30.3 Å². The van der Waals surface area contributed by atoms with Crippen LogP contribution in [0.3, 0.4) is 0 Å². The number of aromatic nitrogens is 1. The van der Waals surface area contributed by atoms with Crippen LogP contribution in [-0.2, 0) is 11.2 Å². The molecular formula is C21H23N3O4S2. The number of amides is 2. The number of nitrogens with one attached hydrogen (secondary N) is 2. The van der Waals surface area contributed by atoms with E-state index in [9.17, 15) is 19.8 Å². The fourth-order valence-corrected chi connectivity index (χ4v) is 5.21. The van der Waals surface area contributed by atoms with Crippen LogP contribution in [0.25, 0.3) is 10.2 Å². The lowest BCUT2D eigenvalue weighted by molar-refractivity contribution is -0.132. The quantitative estimate of drug-likeness (QED) is 0.434. The van der Waals surface area contributed by atoms with Crippen molar-refractivity contribution in [2.75, 3.05) is 19.3 Å². The Kier molecular flexibility index (Phi) is 6.14. The molecule has 0 spiro atoms. The number of fused-ring (bicyclic) bond motifs is 1. The Hall–Kier alpha value is -2.33. The van der Waals surface area contributed by atoms with Crippen LogP contribution in [0, 0.1) is 0 Å². The summed E-state index contributed by atoms with van der Waals surface area (Å²) in [5.41, 5.74) is 2.20. The zero-order valence-corrected chi connectivity index (χ0v) is 18.0. The third-order valence-corrected chi connectivity index (χ3v) is 7.33. The third-order valence-electron chi connectivity index (χ3n) is 5.19. The maximum Gasteiger partial charge on any atom is 0.268 e. The molecule has 4 N–H and O–H groups in total. The molecule has 2 amide bonds. The summed E-state index contributed by atoms with van der Waals surface area (Å²) in [4.78, 5) is 30.5. The number of thiophene rings is 1. The van der Waals surface area contributed by atoms with Crippen LogP contribution in [0.5, 0.6) is 0 Å². The van der Waals surface area contributed by atoms with E-state index >= 15 is 0 Å². The van der Waals surface area contributed by atoms with Crippen LogP contribution in [0.2, 0.25) is 0 Å². The molecule has 9 heteroatoms. The number of aromatic amines is 1. The number of carbonyl (C=O) groups excluding carboxylic acids is 2. The predicted octanol–water partition coefficient (Wildman–Crippen LogP) is 1.86. The lowest BCUT2D eigenvalue weighted by Gasteiger charge is -2.24. The van der Waals surface area contributed by atoms with Crippen molar-refractivity contribution >= 4 is 45.1 Å². The summed E-state index contributed by atoms with van der Waals surface area (Å²) in [5.74, 6) is -0.681. The monoisotopic (exact) mass is 445 g/mol. The van der Waals surface area contributed by atoms with Gasteiger partial charge >= 0.3 is 0 Å². The lowest BCUT2D eigenvalue weighted by Crippen LogP contribution is -2.49. The molecule has 3 atom stereocenters. The maximum atomic E-state index is 13.1. The number of carbonyl (C=O) groups is 2. The van der Waals surface area contributed by atoms with Crippen LogP contribution in [0.1, 0.15) is 16.1 Å². The average molecular weight is 446 g/mol. The number of nitrogens with zero attached hydrogens (tertiary/aromatic N) is 1. The SMILES string of the molecule is CSc1cc2[nH]c(C(=O)N[C@@H](Cc3ccccc3)C(=O)N3C[C@@H](O)[C@@H](O)C3)cc2s1. The molecule has 1 saturated heterocycles. The second kappa shape index (κ2) is 8.81. The molecular weight excluding hydrogens is 422 g/mol. The minimum Gasteiger partial charge on any atom is -0.388 e. The Morgan fingerprint density at radius 3 is 2.57 bits per heavy atom. The first-order valence-corrected chi connectivity index (χ1v) is 11.6. The summed E-state index contributed by atoms with van der Waals surface area (Å²) in [6.45, 7) is 0.105. The van der Waals surface area contributed by atoms with Gasteiger partial charge in [0.15, 0.2) is 0 Å². The summed E-state index contributed by atoms with van der Waals surface area (Å²) in [5, 5.41) is 22.5. The minimum atomic E-state index is -0.970. The van der Waals surface area contributed by atoms with Crippen molar-refractivity contribution in [2.24, 2.45) is 0 Å². The number of hydrogen-bond acceptors (Lipinski definition) is 6. The van der Waals surface area contributed by atoms with E-state index in [-0.39, 0.29) is 24.9 Å². The second-order valence-corrected chi connectivity index (χ2v) is 9.51. The molecule has 1 aliphatic heterocycles. The van der Waals surface area contributed by atoms with Gasteiger partial charge in [0.1, 0.15) is 11.7 Å². The van der Waals surface area contributed by atoms with E-state index in [2.05, 4.69) is 10.3 Å². The molecule has 3 aromatic rings. The van der Waals surface area contributed by atoms with Crippen molar-refractivity contribution in [1.29, 1.82) is 0 Å². The van der Waals surface area contributed by atoms with Crippen molar-refractivity contribution < 1.29 is 19.8 Å². The van der Waals surface area contributed by atoms with Gasteiger partial charge in [0.25, 0.3) is 5.91 Å². The van der Waals surface area contributed by atoms with E-state index in [1.165, 1.54) is 4.90 Å². The molecule has 7 nitrogen and oxygen atoms in total. The molecule has 0 saturated carbocycles. The summed E-state index contributed by atoms with van der Waals surface area (Å²) >= 11 is 3.26. The summed E-state index contributed by atoms with van der Waals surface area (Å²) < 4.78 is 2.15. The topological polar surface area (TPSA) is 106 Å². The number of rotatable bonds is 6. The van der Waals surface area contributed by atoms with Crippen molar-refractivity contribution in [3.8, 4) is 0 Å².